The highest BCUT2D eigenvalue weighted by Gasteiger charge is 2.32. The van der Waals surface area contributed by atoms with E-state index in [0.717, 1.165) is 13.1 Å². The number of rotatable bonds is 5. The van der Waals surface area contributed by atoms with Crippen LogP contribution in [0.4, 0.5) is 11.4 Å². The molecule has 10 heteroatoms. The van der Waals surface area contributed by atoms with Gasteiger partial charge in [-0.2, -0.15) is 8.42 Å². The van der Waals surface area contributed by atoms with Crippen LogP contribution in [0.5, 0.6) is 5.75 Å². The topological polar surface area (TPSA) is 93.0 Å². The molecule has 1 heterocycles. The lowest BCUT2D eigenvalue weighted by Gasteiger charge is -2.33. The summed E-state index contributed by atoms with van der Waals surface area (Å²) in [4.78, 5) is 14.5. The first kappa shape index (κ1) is 19.4. The molecule has 3 rings (SSSR count). The third kappa shape index (κ3) is 4.15. The summed E-state index contributed by atoms with van der Waals surface area (Å²) in [7, 11) is -2.35. The second-order valence-electron chi connectivity index (χ2n) is 6.14. The first-order valence-electron chi connectivity index (χ1n) is 8.19. The van der Waals surface area contributed by atoms with Gasteiger partial charge in [-0.1, -0.05) is 29.8 Å². The molecule has 0 unspecified atom stereocenters. The SMILES string of the molecule is CN1CCN(c2ccc(S(=O)(=O)Oc3ccccc3)c(Cl)c2[N+](=O)[O-])CC1. The van der Waals surface area contributed by atoms with E-state index >= 15 is 0 Å². The Balaban J connectivity index is 2.00. The van der Waals surface area contributed by atoms with Gasteiger partial charge < -0.3 is 14.0 Å². The van der Waals surface area contributed by atoms with Gasteiger partial charge in [-0.05, 0) is 31.3 Å². The molecule has 0 atom stereocenters. The average molecular weight is 412 g/mol. The maximum atomic E-state index is 12.6. The number of likely N-dealkylation sites (N-methyl/N-ethyl adjacent to an activating group) is 1. The van der Waals surface area contributed by atoms with Gasteiger partial charge in [0.05, 0.1) is 4.92 Å². The molecule has 0 N–H and O–H groups in total. The molecule has 2 aromatic carbocycles. The van der Waals surface area contributed by atoms with E-state index in [1.54, 1.807) is 18.2 Å². The molecule has 0 saturated carbocycles. The van der Waals surface area contributed by atoms with E-state index in [1.807, 2.05) is 11.9 Å². The number of para-hydroxylation sites is 1. The van der Waals surface area contributed by atoms with Gasteiger partial charge in [0.1, 0.15) is 21.4 Å². The minimum absolute atomic E-state index is 0.0966. The van der Waals surface area contributed by atoms with Gasteiger partial charge >= 0.3 is 15.8 Å². The van der Waals surface area contributed by atoms with Crippen molar-refractivity contribution in [3.05, 3.63) is 57.6 Å². The maximum Gasteiger partial charge on any atom is 0.340 e. The standard InChI is InChI=1S/C17H18ClN3O5S/c1-19-9-11-20(12-10-19)14-7-8-15(16(18)17(14)21(22)23)27(24,25)26-13-5-3-2-4-6-13/h2-8H,9-12H2,1H3. The van der Waals surface area contributed by atoms with Crippen molar-refractivity contribution in [2.75, 3.05) is 38.1 Å². The van der Waals surface area contributed by atoms with Crippen molar-refractivity contribution < 1.29 is 17.5 Å². The summed E-state index contributed by atoms with van der Waals surface area (Å²) in [6, 6.07) is 10.5. The third-order valence-electron chi connectivity index (χ3n) is 4.30. The van der Waals surface area contributed by atoms with Crippen LogP contribution in [0.3, 0.4) is 0 Å². The van der Waals surface area contributed by atoms with Crippen molar-refractivity contribution in [3.8, 4) is 5.75 Å². The number of nitrogens with zero attached hydrogens (tertiary/aromatic N) is 3. The number of benzene rings is 2. The normalized spacial score (nSPS) is 15.6. The van der Waals surface area contributed by atoms with Gasteiger partial charge in [0, 0.05) is 26.2 Å². The van der Waals surface area contributed by atoms with Crippen LogP contribution >= 0.6 is 11.6 Å². The van der Waals surface area contributed by atoms with E-state index < -0.39 is 30.6 Å². The summed E-state index contributed by atoms with van der Waals surface area (Å²) in [6.07, 6.45) is 0. The molecule has 0 bridgehead atoms. The second-order valence-corrected chi connectivity index (χ2v) is 8.04. The van der Waals surface area contributed by atoms with Crippen molar-refractivity contribution in [1.29, 1.82) is 0 Å². The molecule has 27 heavy (non-hydrogen) atoms. The zero-order valence-corrected chi connectivity index (χ0v) is 16.1. The van der Waals surface area contributed by atoms with Crippen molar-refractivity contribution in [2.24, 2.45) is 0 Å². The van der Waals surface area contributed by atoms with E-state index in [0.29, 0.717) is 18.8 Å². The molecule has 0 aromatic heterocycles. The largest absolute Gasteiger partial charge is 0.379 e. The zero-order valence-electron chi connectivity index (χ0n) is 14.5. The van der Waals surface area contributed by atoms with E-state index in [-0.39, 0.29) is 5.75 Å². The van der Waals surface area contributed by atoms with Crippen LogP contribution in [-0.4, -0.2) is 51.5 Å². The molecule has 0 spiro atoms. The summed E-state index contributed by atoms with van der Waals surface area (Å²) in [6.45, 7) is 2.65. The van der Waals surface area contributed by atoms with E-state index in [9.17, 15) is 18.5 Å². The number of hydrogen-bond acceptors (Lipinski definition) is 7. The number of piperazine rings is 1. The molecule has 8 nitrogen and oxygen atoms in total. The fraction of sp³-hybridized carbons (Fsp3) is 0.294. The highest BCUT2D eigenvalue weighted by molar-refractivity contribution is 7.87. The molecule has 1 aliphatic heterocycles. The van der Waals surface area contributed by atoms with Gasteiger partial charge in [-0.25, -0.2) is 0 Å². The van der Waals surface area contributed by atoms with Crippen LogP contribution in [0.1, 0.15) is 0 Å². The Morgan fingerprint density at radius 2 is 1.70 bits per heavy atom. The number of nitro groups is 1. The van der Waals surface area contributed by atoms with E-state index in [2.05, 4.69) is 4.90 Å². The Morgan fingerprint density at radius 3 is 2.30 bits per heavy atom. The Labute approximate surface area is 162 Å². The van der Waals surface area contributed by atoms with Crippen LogP contribution in [0.25, 0.3) is 0 Å². The zero-order chi connectivity index (χ0) is 19.6. The highest BCUT2D eigenvalue weighted by atomic mass is 35.5. The van der Waals surface area contributed by atoms with Crippen molar-refractivity contribution >= 4 is 33.1 Å². The van der Waals surface area contributed by atoms with Gasteiger partial charge in [-0.3, -0.25) is 10.1 Å². The lowest BCUT2D eigenvalue weighted by Crippen LogP contribution is -2.44. The van der Waals surface area contributed by atoms with Crippen molar-refractivity contribution in [1.82, 2.24) is 4.90 Å². The summed E-state index contributed by atoms with van der Waals surface area (Å²) < 4.78 is 30.2. The van der Waals surface area contributed by atoms with Crippen molar-refractivity contribution in [2.45, 2.75) is 4.90 Å². The molecular formula is C17H18ClN3O5S. The minimum atomic E-state index is -4.32. The Bertz CT molecular complexity index is 945. The van der Waals surface area contributed by atoms with Crippen LogP contribution in [0.15, 0.2) is 47.4 Å². The van der Waals surface area contributed by atoms with Gasteiger partial charge in [0.2, 0.25) is 0 Å². The third-order valence-corrected chi connectivity index (χ3v) is 6.09. The lowest BCUT2D eigenvalue weighted by atomic mass is 10.2. The number of nitro benzene ring substituents is 1. The van der Waals surface area contributed by atoms with Crippen molar-refractivity contribution in [3.63, 3.8) is 0 Å². The monoisotopic (exact) mass is 411 g/mol. The van der Waals surface area contributed by atoms with Crippen LogP contribution in [0, 0.1) is 10.1 Å². The number of halogens is 1. The van der Waals surface area contributed by atoms with Gasteiger partial charge in [-0.15, -0.1) is 0 Å². The fourth-order valence-electron chi connectivity index (χ4n) is 2.85. The average Bonchev–Trinajstić information content (AvgIpc) is 2.62. The second kappa shape index (κ2) is 7.71. The van der Waals surface area contributed by atoms with Crippen LogP contribution < -0.4 is 9.08 Å². The number of hydrogen-bond donors (Lipinski definition) is 0. The highest BCUT2D eigenvalue weighted by Crippen LogP contribution is 2.40. The van der Waals surface area contributed by atoms with Crippen LogP contribution in [0.2, 0.25) is 5.02 Å². The molecule has 1 aliphatic rings. The Kier molecular flexibility index (Phi) is 5.54. The predicted molar refractivity (Wildman–Crippen MR) is 102 cm³/mol. The molecule has 0 radical (unpaired) electrons. The smallest absolute Gasteiger partial charge is 0.340 e. The Hall–Kier alpha value is -2.36. The van der Waals surface area contributed by atoms with E-state index in [4.69, 9.17) is 15.8 Å². The maximum absolute atomic E-state index is 12.6. The van der Waals surface area contributed by atoms with Crippen LogP contribution in [-0.2, 0) is 10.1 Å². The first-order chi connectivity index (χ1) is 12.8. The fourth-order valence-corrected chi connectivity index (χ4v) is 4.37. The molecular weight excluding hydrogens is 394 g/mol. The van der Waals surface area contributed by atoms with E-state index in [1.165, 1.54) is 24.3 Å². The van der Waals surface area contributed by atoms with Gasteiger partial charge in [0.15, 0.2) is 0 Å². The minimum Gasteiger partial charge on any atom is -0.379 e. The molecule has 2 aromatic rings. The number of anilines is 1. The molecule has 0 aliphatic carbocycles. The summed E-state index contributed by atoms with van der Waals surface area (Å²) in [5, 5.41) is 11.2. The molecule has 1 saturated heterocycles. The quantitative estimate of drug-likeness (QED) is 0.424. The summed E-state index contributed by atoms with van der Waals surface area (Å²) in [5.74, 6) is 0.0966. The summed E-state index contributed by atoms with van der Waals surface area (Å²) in [5.41, 5.74) is -0.129. The molecule has 1 fully saturated rings. The molecule has 0 amide bonds. The molecule has 144 valence electrons. The predicted octanol–water partition coefficient (Wildman–Crippen LogP) is 2.77. The lowest BCUT2D eigenvalue weighted by molar-refractivity contribution is -0.384. The summed E-state index contributed by atoms with van der Waals surface area (Å²) >= 11 is 6.17. The van der Waals surface area contributed by atoms with Gasteiger partial charge in [0.25, 0.3) is 0 Å². The first-order valence-corrected chi connectivity index (χ1v) is 9.98. The Morgan fingerprint density at radius 1 is 1.07 bits per heavy atom.